The number of aryl methyl sites for hydroxylation is 1. The number of aliphatic hydroxyl groups excluding tert-OH is 1. The van der Waals surface area contributed by atoms with E-state index in [4.69, 9.17) is 0 Å². The van der Waals surface area contributed by atoms with Gasteiger partial charge in [-0.2, -0.15) is 0 Å². The molecule has 0 bridgehead atoms. The third-order valence-corrected chi connectivity index (χ3v) is 5.15. The zero-order valence-electron chi connectivity index (χ0n) is 14.5. The van der Waals surface area contributed by atoms with Gasteiger partial charge in [-0.1, -0.05) is 0 Å². The van der Waals surface area contributed by atoms with Gasteiger partial charge in [0, 0.05) is 30.8 Å². The molecule has 3 atom stereocenters. The van der Waals surface area contributed by atoms with E-state index in [1.165, 1.54) is 11.3 Å². The number of hydrogen-bond donors (Lipinski definition) is 3. The van der Waals surface area contributed by atoms with Crippen molar-refractivity contribution < 1.29 is 14.7 Å². The van der Waals surface area contributed by atoms with Gasteiger partial charge in [-0.15, -0.1) is 21.5 Å². The molecule has 9 nitrogen and oxygen atoms in total. The van der Waals surface area contributed by atoms with Gasteiger partial charge in [0.1, 0.15) is 17.8 Å². The van der Waals surface area contributed by atoms with Crippen LogP contribution < -0.4 is 10.6 Å². The summed E-state index contributed by atoms with van der Waals surface area (Å²) >= 11 is 1.33. The zero-order chi connectivity index (χ0) is 18.5. The lowest BCUT2D eigenvalue weighted by Crippen LogP contribution is -2.40. The highest BCUT2D eigenvalue weighted by Crippen LogP contribution is 2.26. The van der Waals surface area contributed by atoms with Crippen LogP contribution in [0, 0.1) is 5.92 Å². The Labute approximate surface area is 154 Å². The zero-order valence-corrected chi connectivity index (χ0v) is 15.3. The standard InChI is InChI=1S/C16H22N6O3S/c1-2-22-8-19-21-14(22)3-4-17-15(24)10-5-11(13(23)6-10)20-16(25)12-7-26-9-18-12/h7-11,13,23H,2-6H2,1H3,(H,17,24)(H,20,25)/t10-,11-,13-/m0/s1. The number of carbonyl (C=O) groups excluding carboxylic acids is 2. The summed E-state index contributed by atoms with van der Waals surface area (Å²) in [6, 6.07) is -0.442. The molecule has 0 aromatic carbocycles. The van der Waals surface area contributed by atoms with Crippen LogP contribution in [0.2, 0.25) is 0 Å². The average Bonchev–Trinajstić information content (AvgIpc) is 3.36. The molecular weight excluding hydrogens is 356 g/mol. The van der Waals surface area contributed by atoms with Crippen LogP contribution in [0.5, 0.6) is 0 Å². The fraction of sp³-hybridized carbons (Fsp3) is 0.562. The summed E-state index contributed by atoms with van der Waals surface area (Å²) in [6.07, 6.45) is 2.27. The van der Waals surface area contributed by atoms with Gasteiger partial charge < -0.3 is 20.3 Å². The molecule has 1 aliphatic carbocycles. The first-order chi connectivity index (χ1) is 12.6. The number of amides is 2. The Bertz CT molecular complexity index is 747. The number of aromatic nitrogens is 4. The summed E-state index contributed by atoms with van der Waals surface area (Å²) in [5.41, 5.74) is 1.91. The molecule has 2 aromatic heterocycles. The Kier molecular flexibility index (Phi) is 5.94. The van der Waals surface area contributed by atoms with Gasteiger partial charge in [-0.3, -0.25) is 9.59 Å². The molecule has 140 valence electrons. The molecule has 0 saturated heterocycles. The van der Waals surface area contributed by atoms with Gasteiger partial charge in [-0.25, -0.2) is 4.98 Å². The van der Waals surface area contributed by atoms with E-state index in [9.17, 15) is 14.7 Å². The first-order valence-electron chi connectivity index (χ1n) is 8.60. The van der Waals surface area contributed by atoms with Crippen molar-refractivity contribution in [2.24, 2.45) is 5.92 Å². The monoisotopic (exact) mass is 378 g/mol. The predicted octanol–water partition coefficient (Wildman–Crippen LogP) is -0.0173. The average molecular weight is 378 g/mol. The van der Waals surface area contributed by atoms with Crippen molar-refractivity contribution >= 4 is 23.2 Å². The van der Waals surface area contributed by atoms with Crippen molar-refractivity contribution in [1.82, 2.24) is 30.4 Å². The smallest absolute Gasteiger partial charge is 0.271 e. The normalized spacial score (nSPS) is 22.3. The molecule has 0 unspecified atom stereocenters. The molecule has 3 rings (SSSR count). The van der Waals surface area contributed by atoms with Crippen LogP contribution in [-0.4, -0.2) is 55.4 Å². The van der Waals surface area contributed by atoms with Gasteiger partial charge in [0.05, 0.1) is 17.7 Å². The number of thiazole rings is 1. The summed E-state index contributed by atoms with van der Waals surface area (Å²) in [5, 5.41) is 25.3. The maximum atomic E-state index is 12.3. The number of nitrogens with one attached hydrogen (secondary N) is 2. The van der Waals surface area contributed by atoms with Crippen LogP contribution in [0.4, 0.5) is 0 Å². The van der Waals surface area contributed by atoms with E-state index < -0.39 is 12.1 Å². The second-order valence-electron chi connectivity index (χ2n) is 6.26. The second-order valence-corrected chi connectivity index (χ2v) is 6.98. The number of aliphatic hydroxyl groups is 1. The minimum atomic E-state index is -0.739. The number of hydrogen-bond acceptors (Lipinski definition) is 7. The highest BCUT2D eigenvalue weighted by molar-refractivity contribution is 7.07. The molecule has 0 aliphatic heterocycles. The quantitative estimate of drug-likeness (QED) is 0.623. The van der Waals surface area contributed by atoms with Crippen molar-refractivity contribution in [1.29, 1.82) is 0 Å². The van der Waals surface area contributed by atoms with Gasteiger partial charge in [0.2, 0.25) is 5.91 Å². The Balaban J connectivity index is 1.46. The molecule has 1 saturated carbocycles. The minimum Gasteiger partial charge on any atom is -0.391 e. The van der Waals surface area contributed by atoms with Crippen LogP contribution in [0.1, 0.15) is 36.1 Å². The van der Waals surface area contributed by atoms with E-state index in [1.54, 1.807) is 17.2 Å². The van der Waals surface area contributed by atoms with Crippen LogP contribution >= 0.6 is 11.3 Å². The summed E-state index contributed by atoms with van der Waals surface area (Å²) in [5.74, 6) is 0.0646. The number of nitrogens with zero attached hydrogens (tertiary/aromatic N) is 4. The predicted molar refractivity (Wildman–Crippen MR) is 94.5 cm³/mol. The lowest BCUT2D eigenvalue weighted by atomic mass is 10.1. The Morgan fingerprint density at radius 1 is 1.42 bits per heavy atom. The topological polar surface area (TPSA) is 122 Å². The molecule has 26 heavy (non-hydrogen) atoms. The van der Waals surface area contributed by atoms with Gasteiger partial charge in [0.25, 0.3) is 5.91 Å². The van der Waals surface area contributed by atoms with E-state index in [0.717, 1.165) is 12.4 Å². The second kappa shape index (κ2) is 8.37. The fourth-order valence-electron chi connectivity index (χ4n) is 3.13. The van der Waals surface area contributed by atoms with E-state index in [-0.39, 0.29) is 17.7 Å². The largest absolute Gasteiger partial charge is 0.391 e. The van der Waals surface area contributed by atoms with Crippen LogP contribution in [0.25, 0.3) is 0 Å². The van der Waals surface area contributed by atoms with E-state index >= 15 is 0 Å². The number of carbonyl (C=O) groups is 2. The Hall–Kier alpha value is -2.33. The molecule has 0 radical (unpaired) electrons. The molecule has 2 amide bonds. The van der Waals surface area contributed by atoms with Crippen LogP contribution in [0.3, 0.4) is 0 Å². The summed E-state index contributed by atoms with van der Waals surface area (Å²) < 4.78 is 1.93. The lowest BCUT2D eigenvalue weighted by Gasteiger charge is -2.15. The van der Waals surface area contributed by atoms with Gasteiger partial charge in [-0.05, 0) is 19.8 Å². The van der Waals surface area contributed by atoms with Crippen LogP contribution in [0.15, 0.2) is 17.2 Å². The molecule has 3 N–H and O–H groups in total. The maximum absolute atomic E-state index is 12.3. The van der Waals surface area contributed by atoms with Crippen molar-refractivity contribution in [2.75, 3.05) is 6.54 Å². The molecule has 2 heterocycles. The van der Waals surface area contributed by atoms with E-state index in [0.29, 0.717) is 31.5 Å². The van der Waals surface area contributed by atoms with Gasteiger partial charge >= 0.3 is 0 Å². The van der Waals surface area contributed by atoms with E-state index in [1.807, 2.05) is 11.5 Å². The molecule has 0 spiro atoms. The van der Waals surface area contributed by atoms with Gasteiger partial charge in [0.15, 0.2) is 0 Å². The SMILES string of the molecule is CCn1cnnc1CCNC(=O)[C@H]1C[C@H](NC(=O)c2cscn2)[C@@H](O)C1. The molecule has 2 aromatic rings. The summed E-state index contributed by atoms with van der Waals surface area (Å²) in [4.78, 5) is 28.3. The molecule has 1 aliphatic rings. The van der Waals surface area contributed by atoms with Crippen molar-refractivity contribution in [3.05, 3.63) is 28.7 Å². The summed E-state index contributed by atoms with van der Waals surface area (Å²) in [7, 11) is 0. The third kappa shape index (κ3) is 4.25. The molecular formula is C16H22N6O3S. The van der Waals surface area contributed by atoms with Crippen molar-refractivity contribution in [2.45, 2.75) is 44.9 Å². The van der Waals surface area contributed by atoms with Crippen molar-refractivity contribution in [3.8, 4) is 0 Å². The highest BCUT2D eigenvalue weighted by Gasteiger charge is 2.37. The molecule has 10 heteroatoms. The molecule has 1 fully saturated rings. The summed E-state index contributed by atoms with van der Waals surface area (Å²) in [6.45, 7) is 3.25. The van der Waals surface area contributed by atoms with E-state index in [2.05, 4.69) is 25.8 Å². The first-order valence-corrected chi connectivity index (χ1v) is 9.54. The first kappa shape index (κ1) is 18.5. The Morgan fingerprint density at radius 2 is 2.27 bits per heavy atom. The fourth-order valence-corrected chi connectivity index (χ4v) is 3.66. The minimum absolute atomic E-state index is 0.114. The lowest BCUT2D eigenvalue weighted by molar-refractivity contribution is -0.125. The van der Waals surface area contributed by atoms with Crippen LogP contribution in [-0.2, 0) is 17.8 Å². The maximum Gasteiger partial charge on any atom is 0.271 e. The van der Waals surface area contributed by atoms with Crippen molar-refractivity contribution in [3.63, 3.8) is 0 Å². The third-order valence-electron chi connectivity index (χ3n) is 4.57. The highest BCUT2D eigenvalue weighted by atomic mass is 32.1. The number of rotatable bonds is 7. The Morgan fingerprint density at radius 3 is 3.00 bits per heavy atom.